The Balaban J connectivity index is 1.37. The van der Waals surface area contributed by atoms with Crippen molar-refractivity contribution in [1.29, 1.82) is 5.26 Å². The summed E-state index contributed by atoms with van der Waals surface area (Å²) in [6.07, 6.45) is 0. The van der Waals surface area contributed by atoms with Gasteiger partial charge >= 0.3 is 0 Å². The van der Waals surface area contributed by atoms with Crippen molar-refractivity contribution in [2.75, 3.05) is 0 Å². The van der Waals surface area contributed by atoms with Gasteiger partial charge in [-0.3, -0.25) is 4.57 Å². The Kier molecular flexibility index (Phi) is 5.73. The van der Waals surface area contributed by atoms with E-state index in [1.807, 2.05) is 109 Å². The number of benzene rings is 5. The van der Waals surface area contributed by atoms with Gasteiger partial charge in [-0.15, -0.1) is 0 Å². The number of aromatic nitrogens is 5. The van der Waals surface area contributed by atoms with E-state index in [1.165, 1.54) is 0 Å². The fraction of sp³-hybridized carbons (Fsp3) is 0. The van der Waals surface area contributed by atoms with Crippen LogP contribution in [0.15, 0.2) is 133 Å². The zero-order chi connectivity index (χ0) is 28.8. The summed E-state index contributed by atoms with van der Waals surface area (Å²) in [5.41, 5.74) is 6.17. The van der Waals surface area contributed by atoms with Gasteiger partial charge in [-0.2, -0.15) is 5.26 Å². The highest BCUT2D eigenvalue weighted by Crippen LogP contribution is 2.35. The SMILES string of the molecule is N#Cc1ccc2c(c1)c1cc(-c3nc(-c4ccccc4)nc(-c4ccccc4)n3)ccc1n2-c1ccc2ccccc2n1. The molecule has 0 fully saturated rings. The topological polar surface area (TPSA) is 80.3 Å². The second-order valence-corrected chi connectivity index (χ2v) is 10.3. The van der Waals surface area contributed by atoms with Crippen molar-refractivity contribution in [3.8, 4) is 46.1 Å². The first-order valence-electron chi connectivity index (χ1n) is 14.0. The molecule has 43 heavy (non-hydrogen) atoms. The van der Waals surface area contributed by atoms with Gasteiger partial charge in [0.2, 0.25) is 0 Å². The zero-order valence-electron chi connectivity index (χ0n) is 22.9. The standard InChI is InChI=1S/C37H22N6/c38-23-24-15-18-32-29(21-24)30-22-28(16-19-33(30)43(32)34-20-17-25-9-7-8-14-31(25)39-34)37-41-35(26-10-3-1-4-11-26)40-36(42-37)27-12-5-2-6-13-27/h1-22H. The lowest BCUT2D eigenvalue weighted by Crippen LogP contribution is -2.00. The van der Waals surface area contributed by atoms with Gasteiger partial charge in [-0.05, 0) is 54.6 Å². The summed E-state index contributed by atoms with van der Waals surface area (Å²) in [6, 6.07) is 46.5. The molecular formula is C37H22N6. The van der Waals surface area contributed by atoms with Crippen LogP contribution in [0.1, 0.15) is 5.56 Å². The summed E-state index contributed by atoms with van der Waals surface area (Å²) in [6.45, 7) is 0. The van der Waals surface area contributed by atoms with Gasteiger partial charge < -0.3 is 0 Å². The van der Waals surface area contributed by atoms with E-state index in [-0.39, 0.29) is 0 Å². The van der Waals surface area contributed by atoms with Crippen LogP contribution in [0.4, 0.5) is 0 Å². The van der Waals surface area contributed by atoms with Gasteiger partial charge in [-0.1, -0.05) is 78.9 Å². The molecular weight excluding hydrogens is 528 g/mol. The van der Waals surface area contributed by atoms with Crippen LogP contribution in [0, 0.1) is 11.3 Å². The first kappa shape index (κ1) is 24.6. The smallest absolute Gasteiger partial charge is 0.164 e. The maximum Gasteiger partial charge on any atom is 0.164 e. The zero-order valence-corrected chi connectivity index (χ0v) is 22.9. The minimum Gasteiger partial charge on any atom is -0.294 e. The molecule has 0 N–H and O–H groups in total. The molecule has 8 aromatic rings. The number of nitrogens with zero attached hydrogens (tertiary/aromatic N) is 6. The van der Waals surface area contributed by atoms with Crippen molar-refractivity contribution in [3.63, 3.8) is 0 Å². The lowest BCUT2D eigenvalue weighted by Gasteiger charge is -2.10. The molecule has 0 radical (unpaired) electrons. The largest absolute Gasteiger partial charge is 0.294 e. The lowest BCUT2D eigenvalue weighted by molar-refractivity contribution is 1.07. The van der Waals surface area contributed by atoms with Crippen LogP contribution >= 0.6 is 0 Å². The molecule has 8 rings (SSSR count). The van der Waals surface area contributed by atoms with Crippen molar-refractivity contribution in [2.24, 2.45) is 0 Å². The number of fused-ring (bicyclic) bond motifs is 4. The third-order valence-corrected chi connectivity index (χ3v) is 7.66. The van der Waals surface area contributed by atoms with Crippen molar-refractivity contribution < 1.29 is 0 Å². The number of para-hydroxylation sites is 1. The predicted molar refractivity (Wildman–Crippen MR) is 170 cm³/mol. The highest BCUT2D eigenvalue weighted by atomic mass is 15.1. The fourth-order valence-electron chi connectivity index (χ4n) is 5.60. The van der Waals surface area contributed by atoms with Crippen LogP contribution in [0.25, 0.3) is 72.7 Å². The van der Waals surface area contributed by atoms with Crippen LogP contribution in [0.3, 0.4) is 0 Å². The highest BCUT2D eigenvalue weighted by molar-refractivity contribution is 6.10. The Hall–Kier alpha value is -6.19. The fourth-order valence-corrected chi connectivity index (χ4v) is 5.60. The molecule has 0 unspecified atom stereocenters. The van der Waals surface area contributed by atoms with Gasteiger partial charge in [0, 0.05) is 32.8 Å². The molecule has 200 valence electrons. The number of rotatable bonds is 4. The molecule has 6 nitrogen and oxygen atoms in total. The Morgan fingerprint density at radius 1 is 0.488 bits per heavy atom. The Morgan fingerprint density at radius 2 is 1.07 bits per heavy atom. The average molecular weight is 551 g/mol. The number of hydrogen-bond acceptors (Lipinski definition) is 5. The van der Waals surface area contributed by atoms with Crippen LogP contribution < -0.4 is 0 Å². The summed E-state index contributed by atoms with van der Waals surface area (Å²) in [7, 11) is 0. The first-order chi connectivity index (χ1) is 21.2. The summed E-state index contributed by atoms with van der Waals surface area (Å²) < 4.78 is 2.15. The van der Waals surface area contributed by atoms with E-state index in [4.69, 9.17) is 19.9 Å². The van der Waals surface area contributed by atoms with E-state index < -0.39 is 0 Å². The highest BCUT2D eigenvalue weighted by Gasteiger charge is 2.17. The van der Waals surface area contributed by atoms with E-state index in [9.17, 15) is 5.26 Å². The quantitative estimate of drug-likeness (QED) is 0.220. The second kappa shape index (κ2) is 10.0. The predicted octanol–water partition coefficient (Wildman–Crippen LogP) is 8.39. The summed E-state index contributed by atoms with van der Waals surface area (Å²) in [5.74, 6) is 2.61. The van der Waals surface area contributed by atoms with E-state index in [0.717, 1.165) is 55.2 Å². The van der Waals surface area contributed by atoms with Crippen LogP contribution in [-0.2, 0) is 0 Å². The molecule has 0 aliphatic heterocycles. The van der Waals surface area contributed by atoms with E-state index >= 15 is 0 Å². The number of nitriles is 1. The first-order valence-corrected chi connectivity index (χ1v) is 14.0. The third-order valence-electron chi connectivity index (χ3n) is 7.66. The van der Waals surface area contributed by atoms with Gasteiger partial charge in [0.25, 0.3) is 0 Å². The second-order valence-electron chi connectivity index (χ2n) is 10.3. The Labute approximate surface area is 247 Å². The lowest BCUT2D eigenvalue weighted by atomic mass is 10.1. The minimum absolute atomic E-state index is 0.579. The third kappa shape index (κ3) is 4.28. The van der Waals surface area contributed by atoms with E-state index in [0.29, 0.717) is 23.0 Å². The molecule has 0 aliphatic carbocycles. The van der Waals surface area contributed by atoms with Crippen molar-refractivity contribution in [1.82, 2.24) is 24.5 Å². The molecule has 0 amide bonds. The van der Waals surface area contributed by atoms with Crippen LogP contribution in [0.2, 0.25) is 0 Å². The maximum absolute atomic E-state index is 9.73. The molecule has 3 aromatic heterocycles. The van der Waals surface area contributed by atoms with Crippen molar-refractivity contribution in [2.45, 2.75) is 0 Å². The van der Waals surface area contributed by atoms with Gasteiger partial charge in [0.15, 0.2) is 17.5 Å². The minimum atomic E-state index is 0.579. The summed E-state index contributed by atoms with van der Waals surface area (Å²) >= 11 is 0. The van der Waals surface area contributed by atoms with Crippen molar-refractivity contribution >= 4 is 32.7 Å². The monoisotopic (exact) mass is 550 g/mol. The van der Waals surface area contributed by atoms with E-state index in [1.54, 1.807) is 0 Å². The van der Waals surface area contributed by atoms with Gasteiger partial charge in [0.05, 0.1) is 28.2 Å². The molecule has 5 aromatic carbocycles. The van der Waals surface area contributed by atoms with Gasteiger partial charge in [0.1, 0.15) is 5.82 Å². The average Bonchev–Trinajstić information content (AvgIpc) is 3.41. The summed E-state index contributed by atoms with van der Waals surface area (Å²) in [5, 5.41) is 12.8. The molecule has 0 spiro atoms. The maximum atomic E-state index is 9.73. The normalized spacial score (nSPS) is 11.2. The number of pyridine rings is 1. The van der Waals surface area contributed by atoms with Crippen LogP contribution in [-0.4, -0.2) is 24.5 Å². The molecule has 0 saturated carbocycles. The Morgan fingerprint density at radius 3 is 1.74 bits per heavy atom. The number of hydrogen-bond donors (Lipinski definition) is 0. The molecule has 0 atom stereocenters. The molecule has 3 heterocycles. The molecule has 0 aliphatic rings. The van der Waals surface area contributed by atoms with Gasteiger partial charge in [-0.25, -0.2) is 19.9 Å². The molecule has 0 bridgehead atoms. The summed E-state index contributed by atoms with van der Waals surface area (Å²) in [4.78, 5) is 19.7. The van der Waals surface area contributed by atoms with E-state index in [2.05, 4.69) is 34.9 Å². The van der Waals surface area contributed by atoms with Crippen molar-refractivity contribution in [3.05, 3.63) is 139 Å². The molecule has 0 saturated heterocycles. The molecule has 6 heteroatoms. The van der Waals surface area contributed by atoms with Crippen LogP contribution in [0.5, 0.6) is 0 Å². The Bertz CT molecular complexity index is 2290.